The van der Waals surface area contributed by atoms with E-state index in [1.54, 1.807) is 36.4 Å². The fraction of sp³-hybridized carbons (Fsp3) is 0.167. The number of aromatic nitrogens is 4. The van der Waals surface area contributed by atoms with Crippen LogP contribution in [0.1, 0.15) is 39.5 Å². The first-order chi connectivity index (χ1) is 15.7. The molecule has 4 aromatic rings. The number of tetrazole rings is 1. The number of hydrogen-bond donors (Lipinski definition) is 1. The van der Waals surface area contributed by atoms with Crippen molar-refractivity contribution in [2.75, 3.05) is 0 Å². The molecule has 0 aliphatic heterocycles. The summed E-state index contributed by atoms with van der Waals surface area (Å²) in [5.41, 5.74) is 1.95. The average Bonchev–Trinajstić information content (AvgIpc) is 3.23. The van der Waals surface area contributed by atoms with Crippen LogP contribution in [-0.4, -0.2) is 31.3 Å². The molecule has 1 heterocycles. The van der Waals surface area contributed by atoms with Gasteiger partial charge in [0.2, 0.25) is 5.82 Å². The van der Waals surface area contributed by atoms with Crippen LogP contribution >= 0.6 is 0 Å². The van der Waals surface area contributed by atoms with Gasteiger partial charge in [-0.3, -0.25) is 0 Å². The fourth-order valence-corrected chi connectivity index (χ4v) is 3.44. The van der Waals surface area contributed by atoms with Gasteiger partial charge in [0.1, 0.15) is 5.82 Å². The van der Waals surface area contributed by atoms with Crippen molar-refractivity contribution in [2.24, 2.45) is 0 Å². The monoisotopic (exact) mass is 452 g/mol. The number of halogens is 3. The highest BCUT2D eigenvalue weighted by Gasteiger charge is 2.24. The Morgan fingerprint density at radius 1 is 1.03 bits per heavy atom. The summed E-state index contributed by atoms with van der Waals surface area (Å²) in [5, 5.41) is 21.7. The molecule has 0 aliphatic rings. The van der Waals surface area contributed by atoms with Gasteiger partial charge in [0, 0.05) is 23.6 Å². The van der Waals surface area contributed by atoms with E-state index in [-0.39, 0.29) is 29.9 Å². The molecule has 0 atom stereocenters. The minimum Gasteiger partial charge on any atom is -0.478 e. The van der Waals surface area contributed by atoms with E-state index in [1.165, 1.54) is 35.1 Å². The van der Waals surface area contributed by atoms with E-state index in [0.29, 0.717) is 22.3 Å². The molecule has 9 heteroatoms. The Hall–Kier alpha value is -4.01. The third-order valence-electron chi connectivity index (χ3n) is 5.15. The van der Waals surface area contributed by atoms with Gasteiger partial charge in [-0.1, -0.05) is 42.5 Å². The van der Waals surface area contributed by atoms with Gasteiger partial charge in [-0.2, -0.15) is 4.80 Å². The molecule has 1 N–H and O–H groups in total. The van der Waals surface area contributed by atoms with E-state index < -0.39 is 17.7 Å². The van der Waals surface area contributed by atoms with E-state index >= 15 is 0 Å². The molecule has 0 fully saturated rings. The predicted octanol–water partition coefficient (Wildman–Crippen LogP) is 4.93. The van der Waals surface area contributed by atoms with Crippen molar-refractivity contribution in [3.63, 3.8) is 0 Å². The van der Waals surface area contributed by atoms with Gasteiger partial charge in [0.25, 0.3) is 5.92 Å². The van der Waals surface area contributed by atoms with Crippen molar-refractivity contribution < 1.29 is 23.1 Å². The molecule has 3 aromatic carbocycles. The molecule has 1 aromatic heterocycles. The minimum absolute atomic E-state index is 0.0213. The van der Waals surface area contributed by atoms with Crippen LogP contribution in [0.5, 0.6) is 0 Å². The first-order valence-electron chi connectivity index (χ1n) is 10.1. The van der Waals surface area contributed by atoms with Gasteiger partial charge in [-0.25, -0.2) is 18.0 Å². The van der Waals surface area contributed by atoms with Crippen molar-refractivity contribution in [1.82, 2.24) is 20.2 Å². The summed E-state index contributed by atoms with van der Waals surface area (Å²) in [6.45, 7) is 0.873. The number of alkyl halides is 2. The number of rotatable bonds is 7. The Balaban J connectivity index is 1.69. The topological polar surface area (TPSA) is 80.9 Å². The Morgan fingerprint density at radius 2 is 1.82 bits per heavy atom. The van der Waals surface area contributed by atoms with E-state index in [4.69, 9.17) is 0 Å². The van der Waals surface area contributed by atoms with Gasteiger partial charge in [0.15, 0.2) is 0 Å². The molecule has 0 radical (unpaired) electrons. The third-order valence-corrected chi connectivity index (χ3v) is 5.15. The number of nitrogens with zero attached hydrogens (tertiary/aromatic N) is 4. The SMILES string of the molecule is CC(F)(F)c1cccc(Cc2ccc(C(=O)O)cc2-c2nnn(Cc3ccccc3F)n2)c1. The maximum Gasteiger partial charge on any atom is 0.335 e. The molecule has 6 nitrogen and oxygen atoms in total. The number of aromatic carboxylic acids is 1. The molecule has 4 rings (SSSR count). The first kappa shape index (κ1) is 22.2. The van der Waals surface area contributed by atoms with E-state index in [0.717, 1.165) is 6.92 Å². The van der Waals surface area contributed by atoms with E-state index in [1.807, 2.05) is 0 Å². The van der Waals surface area contributed by atoms with Crippen molar-refractivity contribution in [3.8, 4) is 11.4 Å². The van der Waals surface area contributed by atoms with Crippen LogP contribution < -0.4 is 0 Å². The first-order valence-corrected chi connectivity index (χ1v) is 10.1. The summed E-state index contributed by atoms with van der Waals surface area (Å²) in [7, 11) is 0. The molecule has 0 spiro atoms. The maximum atomic E-state index is 14.0. The van der Waals surface area contributed by atoms with Crippen LogP contribution in [0.3, 0.4) is 0 Å². The molecule has 0 unspecified atom stereocenters. The lowest BCUT2D eigenvalue weighted by molar-refractivity contribution is 0.0174. The van der Waals surface area contributed by atoms with Crippen LogP contribution in [0, 0.1) is 5.82 Å². The number of carboxylic acid groups (broad SMARTS) is 1. The molecule has 33 heavy (non-hydrogen) atoms. The van der Waals surface area contributed by atoms with Crippen molar-refractivity contribution >= 4 is 5.97 Å². The van der Waals surface area contributed by atoms with Crippen molar-refractivity contribution in [2.45, 2.75) is 25.8 Å². The predicted molar refractivity (Wildman–Crippen MR) is 115 cm³/mol. The highest BCUT2D eigenvalue weighted by molar-refractivity contribution is 5.89. The van der Waals surface area contributed by atoms with Crippen molar-refractivity contribution in [3.05, 3.63) is 100 Å². The molecular weight excluding hydrogens is 433 g/mol. The number of carboxylic acids is 1. The smallest absolute Gasteiger partial charge is 0.335 e. The van der Waals surface area contributed by atoms with Gasteiger partial charge < -0.3 is 5.11 Å². The standard InChI is InChI=1S/C24H19F3N4O2/c1-24(26,27)19-7-4-5-15(12-19)11-16-9-10-17(23(32)33)13-20(16)22-28-30-31(29-22)14-18-6-2-3-8-21(18)25/h2-10,12-13H,11,14H2,1H3,(H,32,33). The minimum atomic E-state index is -2.98. The largest absolute Gasteiger partial charge is 0.478 e. The summed E-state index contributed by atoms with van der Waals surface area (Å²) < 4.78 is 41.5. The summed E-state index contributed by atoms with van der Waals surface area (Å²) >= 11 is 0. The molecular formula is C24H19F3N4O2. The molecule has 0 amide bonds. The zero-order valence-corrected chi connectivity index (χ0v) is 17.5. The lowest BCUT2D eigenvalue weighted by Crippen LogP contribution is -2.07. The lowest BCUT2D eigenvalue weighted by atomic mass is 9.95. The third kappa shape index (κ3) is 5.08. The van der Waals surface area contributed by atoms with Gasteiger partial charge in [0.05, 0.1) is 12.1 Å². The maximum absolute atomic E-state index is 14.0. The van der Waals surface area contributed by atoms with Crippen LogP contribution in [0.25, 0.3) is 11.4 Å². The van der Waals surface area contributed by atoms with Gasteiger partial charge in [-0.05, 0) is 47.0 Å². The Labute approximate surface area is 187 Å². The normalized spacial score (nSPS) is 11.5. The second kappa shape index (κ2) is 8.85. The fourth-order valence-electron chi connectivity index (χ4n) is 3.44. The van der Waals surface area contributed by atoms with Crippen LogP contribution in [0.2, 0.25) is 0 Å². The lowest BCUT2D eigenvalue weighted by Gasteiger charge is -2.13. The van der Waals surface area contributed by atoms with Gasteiger partial charge in [-0.15, -0.1) is 10.2 Å². The van der Waals surface area contributed by atoms with E-state index in [2.05, 4.69) is 15.4 Å². The molecule has 0 saturated heterocycles. The summed E-state index contributed by atoms with van der Waals surface area (Å²) in [5.74, 6) is -4.36. The molecule has 0 saturated carbocycles. The Morgan fingerprint density at radius 3 is 2.55 bits per heavy atom. The summed E-state index contributed by atoms with van der Waals surface area (Å²) in [6, 6.07) is 16.7. The van der Waals surface area contributed by atoms with Crippen LogP contribution in [-0.2, 0) is 18.9 Å². The van der Waals surface area contributed by atoms with E-state index in [9.17, 15) is 23.1 Å². The summed E-state index contributed by atoms with van der Waals surface area (Å²) in [6.07, 6.45) is 0.251. The average molecular weight is 452 g/mol. The quantitative estimate of drug-likeness (QED) is 0.430. The highest BCUT2D eigenvalue weighted by atomic mass is 19.3. The Bertz CT molecular complexity index is 1320. The second-order valence-electron chi connectivity index (χ2n) is 7.68. The second-order valence-corrected chi connectivity index (χ2v) is 7.68. The van der Waals surface area contributed by atoms with Crippen LogP contribution in [0.4, 0.5) is 13.2 Å². The molecule has 0 bridgehead atoms. The van der Waals surface area contributed by atoms with Crippen LogP contribution in [0.15, 0.2) is 66.7 Å². The number of hydrogen-bond acceptors (Lipinski definition) is 4. The zero-order chi connectivity index (χ0) is 23.6. The van der Waals surface area contributed by atoms with Crippen molar-refractivity contribution in [1.29, 1.82) is 0 Å². The zero-order valence-electron chi connectivity index (χ0n) is 17.5. The molecule has 0 aliphatic carbocycles. The molecule has 168 valence electrons. The summed E-state index contributed by atoms with van der Waals surface area (Å²) in [4.78, 5) is 12.7. The number of benzene rings is 3. The number of carbonyl (C=O) groups is 1. The Kier molecular flexibility index (Phi) is 5.95. The highest BCUT2D eigenvalue weighted by Crippen LogP contribution is 2.29. The van der Waals surface area contributed by atoms with Gasteiger partial charge >= 0.3 is 5.97 Å².